The van der Waals surface area contributed by atoms with Gasteiger partial charge in [0.25, 0.3) is 0 Å². The van der Waals surface area contributed by atoms with Gasteiger partial charge in [0.15, 0.2) is 0 Å². The molecule has 0 aliphatic rings. The second-order valence-electron chi connectivity index (χ2n) is 4.46. The molecule has 0 saturated carbocycles. The summed E-state index contributed by atoms with van der Waals surface area (Å²) in [4.78, 5) is 10.8. The van der Waals surface area contributed by atoms with Crippen LogP contribution < -0.4 is 10.5 Å². The molecule has 0 spiro atoms. The van der Waals surface area contributed by atoms with E-state index in [-0.39, 0.29) is 24.3 Å². The van der Waals surface area contributed by atoms with Crippen molar-refractivity contribution >= 4 is 15.9 Å². The Morgan fingerprint density at radius 1 is 1.43 bits per heavy atom. The molecular weight excluding hydrogens is 292 g/mol. The number of carbonyl (C=O) groups excluding carboxylic acids is 1. The summed E-state index contributed by atoms with van der Waals surface area (Å²) in [6.07, 6.45) is 0.178. The number of benzene rings is 1. The Kier molecular flexibility index (Phi) is 6.37. The van der Waals surface area contributed by atoms with Crippen LogP contribution in [0.3, 0.4) is 0 Å². The van der Waals surface area contributed by atoms with Crippen LogP contribution >= 0.6 is 0 Å². The fraction of sp³-hybridized carbons (Fsp3) is 0.357. The summed E-state index contributed by atoms with van der Waals surface area (Å²) in [6, 6.07) is 5.67. The third kappa shape index (κ3) is 5.55. The highest BCUT2D eigenvalue weighted by Crippen LogP contribution is 2.15. The van der Waals surface area contributed by atoms with Gasteiger partial charge in [0, 0.05) is 24.4 Å². The molecule has 4 N–H and O–H groups in total. The van der Waals surface area contributed by atoms with Gasteiger partial charge in [-0.1, -0.05) is 24.0 Å². The molecule has 7 heteroatoms. The fourth-order valence-electron chi connectivity index (χ4n) is 1.69. The Balaban J connectivity index is 3.04. The molecule has 0 bridgehead atoms. The highest BCUT2D eigenvalue weighted by Gasteiger charge is 2.20. The van der Waals surface area contributed by atoms with Crippen LogP contribution in [0.1, 0.15) is 25.3 Å². The van der Waals surface area contributed by atoms with Crippen molar-refractivity contribution in [2.45, 2.75) is 30.7 Å². The van der Waals surface area contributed by atoms with E-state index in [1.54, 1.807) is 25.1 Å². The molecule has 0 fully saturated rings. The molecule has 1 aromatic carbocycles. The zero-order valence-corrected chi connectivity index (χ0v) is 12.5. The molecule has 1 amide bonds. The highest BCUT2D eigenvalue weighted by atomic mass is 32.2. The molecule has 1 atom stereocenters. The van der Waals surface area contributed by atoms with E-state index in [1.807, 2.05) is 0 Å². The number of nitrogens with one attached hydrogen (secondary N) is 1. The summed E-state index contributed by atoms with van der Waals surface area (Å²) >= 11 is 0. The molecule has 0 aliphatic heterocycles. The van der Waals surface area contributed by atoms with Crippen LogP contribution in [0.4, 0.5) is 0 Å². The van der Waals surface area contributed by atoms with Crippen molar-refractivity contribution in [2.75, 3.05) is 6.61 Å². The van der Waals surface area contributed by atoms with Crippen LogP contribution in [0.5, 0.6) is 0 Å². The molecule has 1 unspecified atom stereocenters. The lowest BCUT2D eigenvalue weighted by molar-refractivity contribution is -0.118. The topological polar surface area (TPSA) is 109 Å². The number of hydrogen-bond donors (Lipinski definition) is 3. The summed E-state index contributed by atoms with van der Waals surface area (Å²) in [5.74, 6) is 4.81. The first-order chi connectivity index (χ1) is 9.86. The van der Waals surface area contributed by atoms with Crippen molar-refractivity contribution in [1.29, 1.82) is 0 Å². The molecular formula is C14H18N2O4S. The molecule has 0 aliphatic carbocycles. The highest BCUT2D eigenvalue weighted by molar-refractivity contribution is 7.89. The fourth-order valence-corrected chi connectivity index (χ4v) is 3.10. The van der Waals surface area contributed by atoms with Crippen LogP contribution in [0.2, 0.25) is 0 Å². The van der Waals surface area contributed by atoms with Gasteiger partial charge in [0.1, 0.15) is 0 Å². The van der Waals surface area contributed by atoms with Crippen molar-refractivity contribution < 1.29 is 18.3 Å². The summed E-state index contributed by atoms with van der Waals surface area (Å²) in [6.45, 7) is 1.47. The number of rotatable bonds is 6. The largest absolute Gasteiger partial charge is 0.395 e. The molecule has 0 radical (unpaired) electrons. The van der Waals surface area contributed by atoms with Crippen molar-refractivity contribution in [3.05, 3.63) is 29.8 Å². The molecule has 0 aromatic heterocycles. The Morgan fingerprint density at radius 2 is 2.10 bits per heavy atom. The van der Waals surface area contributed by atoms with E-state index in [1.165, 1.54) is 6.07 Å². The normalized spacial score (nSPS) is 12.3. The smallest absolute Gasteiger partial charge is 0.242 e. The number of aliphatic hydroxyl groups is 1. The van der Waals surface area contributed by atoms with Gasteiger partial charge in [-0.05, 0) is 19.1 Å². The number of carbonyl (C=O) groups is 1. The lowest BCUT2D eigenvalue weighted by Gasteiger charge is -2.13. The molecule has 1 aromatic rings. The zero-order chi connectivity index (χ0) is 15.9. The van der Waals surface area contributed by atoms with Crippen LogP contribution in [-0.4, -0.2) is 32.1 Å². The third-order valence-electron chi connectivity index (χ3n) is 2.50. The van der Waals surface area contributed by atoms with Gasteiger partial charge >= 0.3 is 0 Å². The van der Waals surface area contributed by atoms with Crippen molar-refractivity contribution in [3.8, 4) is 11.8 Å². The number of sulfonamides is 1. The van der Waals surface area contributed by atoms with Gasteiger partial charge in [-0.2, -0.15) is 0 Å². The Morgan fingerprint density at radius 3 is 2.71 bits per heavy atom. The predicted octanol–water partition coefficient (Wildman–Crippen LogP) is -0.0373. The molecule has 0 heterocycles. The quantitative estimate of drug-likeness (QED) is 0.641. The van der Waals surface area contributed by atoms with Gasteiger partial charge in [0.05, 0.1) is 11.5 Å². The second kappa shape index (κ2) is 7.78. The molecule has 114 valence electrons. The minimum absolute atomic E-state index is 0.0340. The lowest BCUT2D eigenvalue weighted by Crippen LogP contribution is -2.36. The van der Waals surface area contributed by atoms with Crippen LogP contribution in [0, 0.1) is 11.8 Å². The number of amides is 1. The lowest BCUT2D eigenvalue weighted by atomic mass is 10.2. The van der Waals surface area contributed by atoms with Gasteiger partial charge in [-0.25, -0.2) is 13.1 Å². The Bertz CT molecular complexity index is 659. The van der Waals surface area contributed by atoms with Gasteiger partial charge in [-0.3, -0.25) is 4.79 Å². The third-order valence-corrected chi connectivity index (χ3v) is 4.15. The monoisotopic (exact) mass is 310 g/mol. The minimum atomic E-state index is -3.80. The van der Waals surface area contributed by atoms with Gasteiger partial charge in [-0.15, -0.1) is 0 Å². The van der Waals surface area contributed by atoms with Gasteiger partial charge < -0.3 is 10.8 Å². The average molecular weight is 310 g/mol. The van der Waals surface area contributed by atoms with Crippen LogP contribution in [0.25, 0.3) is 0 Å². The molecule has 21 heavy (non-hydrogen) atoms. The van der Waals surface area contributed by atoms with Crippen molar-refractivity contribution in [1.82, 2.24) is 4.72 Å². The van der Waals surface area contributed by atoms with E-state index in [9.17, 15) is 13.2 Å². The first-order valence-corrected chi connectivity index (χ1v) is 7.84. The summed E-state index contributed by atoms with van der Waals surface area (Å²) < 4.78 is 27.0. The molecule has 1 rings (SSSR count). The van der Waals surface area contributed by atoms with Crippen LogP contribution in [-0.2, 0) is 14.8 Å². The summed E-state index contributed by atoms with van der Waals surface area (Å²) in [5.41, 5.74) is 5.38. The van der Waals surface area contributed by atoms with E-state index < -0.39 is 22.0 Å². The number of aliphatic hydroxyl groups excluding tert-OH is 1. The maximum Gasteiger partial charge on any atom is 0.242 e. The first kappa shape index (κ1) is 17.2. The first-order valence-electron chi connectivity index (χ1n) is 6.36. The Hall–Kier alpha value is -1.88. The standard InChI is InChI=1S/C14H18N2O4S/c1-11(10-14(15)18)16-21(19,20)13-8-3-2-6-12(13)7-4-5-9-17/h2-3,6,8,11,16-17H,5,9-10H2,1H3,(H2,15,18). The van der Waals surface area contributed by atoms with E-state index in [2.05, 4.69) is 16.6 Å². The molecule has 6 nitrogen and oxygen atoms in total. The minimum Gasteiger partial charge on any atom is -0.395 e. The van der Waals surface area contributed by atoms with E-state index >= 15 is 0 Å². The second-order valence-corrected chi connectivity index (χ2v) is 6.15. The van der Waals surface area contributed by atoms with Crippen molar-refractivity contribution in [2.24, 2.45) is 5.73 Å². The van der Waals surface area contributed by atoms with Gasteiger partial charge in [0.2, 0.25) is 15.9 Å². The number of hydrogen-bond acceptors (Lipinski definition) is 4. The summed E-state index contributed by atoms with van der Waals surface area (Å²) in [5, 5.41) is 8.70. The average Bonchev–Trinajstić information content (AvgIpc) is 2.37. The predicted molar refractivity (Wildman–Crippen MR) is 78.6 cm³/mol. The van der Waals surface area contributed by atoms with E-state index in [0.717, 1.165) is 0 Å². The number of primary amides is 1. The van der Waals surface area contributed by atoms with E-state index in [0.29, 0.717) is 5.56 Å². The zero-order valence-electron chi connectivity index (χ0n) is 11.7. The van der Waals surface area contributed by atoms with E-state index in [4.69, 9.17) is 10.8 Å². The maximum absolute atomic E-state index is 12.3. The molecule has 0 saturated heterocycles. The number of nitrogens with two attached hydrogens (primary N) is 1. The SMILES string of the molecule is CC(CC(N)=O)NS(=O)(=O)c1ccccc1C#CCCO. The maximum atomic E-state index is 12.3. The summed E-state index contributed by atoms with van der Waals surface area (Å²) in [7, 11) is -3.80. The Labute approximate surface area is 124 Å². The van der Waals surface area contributed by atoms with Crippen molar-refractivity contribution in [3.63, 3.8) is 0 Å². The van der Waals surface area contributed by atoms with Crippen LogP contribution in [0.15, 0.2) is 29.2 Å².